The first kappa shape index (κ1) is 12.2. The molecular weight excluding hydrogens is 260 g/mol. The Morgan fingerprint density at radius 2 is 2.10 bits per heavy atom. The maximum atomic E-state index is 11.7. The van der Waals surface area contributed by atoms with Crippen LogP contribution in [0.4, 0.5) is 5.82 Å². The fourth-order valence-electron chi connectivity index (χ4n) is 2.22. The molecule has 102 valence electrons. The van der Waals surface area contributed by atoms with E-state index in [-0.39, 0.29) is 0 Å². The van der Waals surface area contributed by atoms with Crippen LogP contribution in [-0.2, 0) is 4.74 Å². The molecule has 0 saturated heterocycles. The van der Waals surface area contributed by atoms with Crippen molar-refractivity contribution in [2.45, 2.75) is 0 Å². The number of nitrogen functional groups attached to an aromatic ring is 1. The molecular formula is C13H12N4O3. The van der Waals surface area contributed by atoms with Crippen molar-refractivity contribution in [3.63, 3.8) is 0 Å². The van der Waals surface area contributed by atoms with Crippen molar-refractivity contribution in [2.24, 2.45) is 0 Å². The standard InChI is InChI=1S/C13H12N4O3/c1-19-8-4-6(13(18)20-2)3-7-9-11(14)15-5-16-12(9)17-10(7)8/h3-5H,1-2H3,(H3,14,15,16,17). The molecule has 0 amide bonds. The van der Waals surface area contributed by atoms with Crippen LogP contribution in [0.5, 0.6) is 5.75 Å². The lowest BCUT2D eigenvalue weighted by Crippen LogP contribution is -2.01. The quantitative estimate of drug-likeness (QED) is 0.685. The van der Waals surface area contributed by atoms with E-state index >= 15 is 0 Å². The highest BCUT2D eigenvalue weighted by molar-refractivity contribution is 6.14. The average molecular weight is 272 g/mol. The number of aromatic amines is 1. The Hall–Kier alpha value is -2.83. The SMILES string of the molecule is COC(=O)c1cc(OC)c2[nH]c3ncnc(N)c3c2c1. The number of carbonyl (C=O) groups is 1. The highest BCUT2D eigenvalue weighted by Crippen LogP contribution is 2.34. The third kappa shape index (κ3) is 1.63. The number of hydrogen-bond acceptors (Lipinski definition) is 6. The number of methoxy groups -OCH3 is 2. The van der Waals surface area contributed by atoms with Crippen molar-refractivity contribution in [3.05, 3.63) is 24.0 Å². The molecule has 3 aromatic rings. The van der Waals surface area contributed by atoms with Crippen molar-refractivity contribution >= 4 is 33.7 Å². The Morgan fingerprint density at radius 1 is 1.30 bits per heavy atom. The van der Waals surface area contributed by atoms with Gasteiger partial charge in [0.1, 0.15) is 23.5 Å². The zero-order chi connectivity index (χ0) is 14.3. The maximum Gasteiger partial charge on any atom is 0.338 e. The summed E-state index contributed by atoms with van der Waals surface area (Å²) in [6.45, 7) is 0. The van der Waals surface area contributed by atoms with Gasteiger partial charge in [-0.3, -0.25) is 0 Å². The van der Waals surface area contributed by atoms with Crippen LogP contribution in [0.1, 0.15) is 10.4 Å². The molecule has 0 aliphatic rings. The van der Waals surface area contributed by atoms with Gasteiger partial charge in [-0.1, -0.05) is 0 Å². The van der Waals surface area contributed by atoms with Gasteiger partial charge in [0.05, 0.1) is 30.7 Å². The number of hydrogen-bond donors (Lipinski definition) is 2. The molecule has 3 rings (SSSR count). The lowest BCUT2D eigenvalue weighted by molar-refractivity contribution is 0.0600. The van der Waals surface area contributed by atoms with E-state index in [9.17, 15) is 4.79 Å². The first-order valence-electron chi connectivity index (χ1n) is 5.84. The number of aromatic nitrogens is 3. The van der Waals surface area contributed by atoms with Gasteiger partial charge in [-0.05, 0) is 12.1 Å². The zero-order valence-corrected chi connectivity index (χ0v) is 10.9. The van der Waals surface area contributed by atoms with Crippen LogP contribution in [0.3, 0.4) is 0 Å². The first-order chi connectivity index (χ1) is 9.65. The summed E-state index contributed by atoms with van der Waals surface area (Å²) in [5.74, 6) is 0.403. The van der Waals surface area contributed by atoms with Gasteiger partial charge in [0.25, 0.3) is 0 Å². The van der Waals surface area contributed by atoms with Crippen molar-refractivity contribution in [2.75, 3.05) is 20.0 Å². The Morgan fingerprint density at radius 3 is 2.80 bits per heavy atom. The fourth-order valence-corrected chi connectivity index (χ4v) is 2.22. The Kier molecular flexibility index (Phi) is 2.67. The zero-order valence-electron chi connectivity index (χ0n) is 10.9. The van der Waals surface area contributed by atoms with Gasteiger partial charge in [-0.25, -0.2) is 14.8 Å². The molecule has 0 aliphatic heterocycles. The van der Waals surface area contributed by atoms with Crippen LogP contribution in [0, 0.1) is 0 Å². The second-order valence-corrected chi connectivity index (χ2v) is 4.20. The highest BCUT2D eigenvalue weighted by atomic mass is 16.5. The normalized spacial score (nSPS) is 10.9. The van der Waals surface area contributed by atoms with Crippen LogP contribution >= 0.6 is 0 Å². The molecule has 0 fully saturated rings. The molecule has 0 aliphatic carbocycles. The van der Waals surface area contributed by atoms with E-state index in [1.165, 1.54) is 20.5 Å². The Balaban J connectivity index is 2.45. The molecule has 0 saturated carbocycles. The highest BCUT2D eigenvalue weighted by Gasteiger charge is 2.17. The number of esters is 1. The lowest BCUT2D eigenvalue weighted by atomic mass is 10.1. The predicted octanol–water partition coefficient (Wildman–Crippen LogP) is 1.49. The second-order valence-electron chi connectivity index (χ2n) is 4.20. The van der Waals surface area contributed by atoms with Crippen molar-refractivity contribution in [1.82, 2.24) is 15.0 Å². The summed E-state index contributed by atoms with van der Waals surface area (Å²) < 4.78 is 10.0. The molecule has 2 heterocycles. The maximum absolute atomic E-state index is 11.7. The predicted molar refractivity (Wildman–Crippen MR) is 73.7 cm³/mol. The summed E-state index contributed by atoms with van der Waals surface area (Å²) in [5.41, 5.74) is 7.57. The summed E-state index contributed by atoms with van der Waals surface area (Å²) in [5, 5.41) is 1.38. The summed E-state index contributed by atoms with van der Waals surface area (Å²) in [6.07, 6.45) is 1.38. The van der Waals surface area contributed by atoms with Gasteiger partial charge in [-0.15, -0.1) is 0 Å². The molecule has 1 aromatic carbocycles. The van der Waals surface area contributed by atoms with Gasteiger partial charge in [0, 0.05) is 5.39 Å². The Bertz CT molecular complexity index is 825. The third-order valence-electron chi connectivity index (χ3n) is 3.13. The topological polar surface area (TPSA) is 103 Å². The molecule has 0 atom stereocenters. The fraction of sp³-hybridized carbons (Fsp3) is 0.154. The number of anilines is 1. The smallest absolute Gasteiger partial charge is 0.338 e. The van der Waals surface area contributed by atoms with Gasteiger partial charge >= 0.3 is 5.97 Å². The third-order valence-corrected chi connectivity index (χ3v) is 3.13. The lowest BCUT2D eigenvalue weighted by Gasteiger charge is -2.05. The minimum absolute atomic E-state index is 0.338. The number of rotatable bonds is 2. The monoisotopic (exact) mass is 272 g/mol. The average Bonchev–Trinajstić information content (AvgIpc) is 2.85. The van der Waals surface area contributed by atoms with Crippen molar-refractivity contribution in [1.29, 1.82) is 0 Å². The number of carbonyl (C=O) groups excluding carboxylic acids is 1. The molecule has 20 heavy (non-hydrogen) atoms. The van der Waals surface area contributed by atoms with E-state index < -0.39 is 5.97 Å². The largest absolute Gasteiger partial charge is 0.495 e. The minimum Gasteiger partial charge on any atom is -0.495 e. The van der Waals surface area contributed by atoms with E-state index in [1.807, 2.05) is 0 Å². The molecule has 7 nitrogen and oxygen atoms in total. The summed E-state index contributed by atoms with van der Waals surface area (Å²) in [6, 6.07) is 3.29. The minimum atomic E-state index is -0.449. The molecule has 7 heteroatoms. The number of nitrogens with zero attached hydrogens (tertiary/aromatic N) is 2. The van der Waals surface area contributed by atoms with E-state index in [0.717, 1.165) is 5.39 Å². The number of nitrogens with two attached hydrogens (primary N) is 1. The summed E-state index contributed by atoms with van der Waals surface area (Å²) >= 11 is 0. The molecule has 3 N–H and O–H groups in total. The molecule has 0 spiro atoms. The summed E-state index contributed by atoms with van der Waals surface area (Å²) in [4.78, 5) is 22.9. The number of fused-ring (bicyclic) bond motifs is 3. The van der Waals surface area contributed by atoms with E-state index in [4.69, 9.17) is 15.2 Å². The Labute approximate surface area is 113 Å². The number of ether oxygens (including phenoxy) is 2. The summed E-state index contributed by atoms with van der Waals surface area (Å²) in [7, 11) is 2.85. The number of benzene rings is 1. The van der Waals surface area contributed by atoms with Gasteiger partial charge < -0.3 is 20.2 Å². The van der Waals surface area contributed by atoms with E-state index in [2.05, 4.69) is 15.0 Å². The van der Waals surface area contributed by atoms with E-state index in [0.29, 0.717) is 33.7 Å². The van der Waals surface area contributed by atoms with Crippen molar-refractivity contribution < 1.29 is 14.3 Å². The van der Waals surface area contributed by atoms with Gasteiger partial charge in [0.2, 0.25) is 0 Å². The molecule has 0 unspecified atom stereocenters. The second kappa shape index (κ2) is 4.37. The van der Waals surface area contributed by atoms with Crippen LogP contribution in [-0.4, -0.2) is 35.1 Å². The molecule has 0 radical (unpaired) electrons. The van der Waals surface area contributed by atoms with Crippen LogP contribution in [0.2, 0.25) is 0 Å². The van der Waals surface area contributed by atoms with E-state index in [1.54, 1.807) is 12.1 Å². The van der Waals surface area contributed by atoms with Gasteiger partial charge in [0.15, 0.2) is 0 Å². The number of nitrogens with one attached hydrogen (secondary N) is 1. The van der Waals surface area contributed by atoms with Gasteiger partial charge in [-0.2, -0.15) is 0 Å². The first-order valence-corrected chi connectivity index (χ1v) is 5.84. The van der Waals surface area contributed by atoms with Crippen LogP contribution in [0.15, 0.2) is 18.5 Å². The van der Waals surface area contributed by atoms with Crippen LogP contribution < -0.4 is 10.5 Å². The van der Waals surface area contributed by atoms with Crippen LogP contribution in [0.25, 0.3) is 21.9 Å². The number of H-pyrrole nitrogens is 1. The molecule has 0 bridgehead atoms. The molecule has 2 aromatic heterocycles. The van der Waals surface area contributed by atoms with Crippen molar-refractivity contribution in [3.8, 4) is 5.75 Å².